The van der Waals surface area contributed by atoms with Crippen LogP contribution in [0.2, 0.25) is 0 Å². The maximum Gasteiger partial charge on any atom is 0.101 e. The van der Waals surface area contributed by atoms with E-state index in [9.17, 15) is 0 Å². The quantitative estimate of drug-likeness (QED) is 0.780. The molecule has 3 heteroatoms. The molecule has 15 heavy (non-hydrogen) atoms. The summed E-state index contributed by atoms with van der Waals surface area (Å²) >= 11 is 1.82. The van der Waals surface area contributed by atoms with Crippen LogP contribution in [0.15, 0.2) is 23.4 Å². The van der Waals surface area contributed by atoms with E-state index in [-0.39, 0.29) is 6.04 Å². The van der Waals surface area contributed by atoms with Gasteiger partial charge in [0.2, 0.25) is 0 Å². The summed E-state index contributed by atoms with van der Waals surface area (Å²) in [5.41, 5.74) is 7.06. The zero-order chi connectivity index (χ0) is 11.3. The maximum atomic E-state index is 5.90. The maximum absolute atomic E-state index is 5.90. The van der Waals surface area contributed by atoms with Gasteiger partial charge in [-0.15, -0.1) is 11.8 Å². The Labute approximate surface area is 96.7 Å². The summed E-state index contributed by atoms with van der Waals surface area (Å²) in [6, 6.07) is 4.08. The Balaban J connectivity index is 2.67. The fourth-order valence-electron chi connectivity index (χ4n) is 1.21. The average Bonchev–Trinajstić information content (AvgIpc) is 2.26. The van der Waals surface area contributed by atoms with Crippen LogP contribution < -0.4 is 5.73 Å². The van der Waals surface area contributed by atoms with Crippen LogP contribution in [0.5, 0.6) is 0 Å². The van der Waals surface area contributed by atoms with E-state index in [1.807, 2.05) is 30.9 Å². The second kappa shape index (κ2) is 6.13. The smallest absolute Gasteiger partial charge is 0.101 e. The molecule has 0 aromatic carbocycles. The lowest BCUT2D eigenvalue weighted by molar-refractivity contribution is 0.636. The molecule has 0 aliphatic carbocycles. The van der Waals surface area contributed by atoms with E-state index in [0.29, 0.717) is 0 Å². The van der Waals surface area contributed by atoms with Crippen LogP contribution >= 0.6 is 11.8 Å². The van der Waals surface area contributed by atoms with Gasteiger partial charge in [-0.3, -0.25) is 0 Å². The van der Waals surface area contributed by atoms with Crippen molar-refractivity contribution in [3.8, 4) is 0 Å². The number of nitrogens with two attached hydrogens (primary N) is 1. The van der Waals surface area contributed by atoms with Gasteiger partial charge >= 0.3 is 0 Å². The molecule has 0 aliphatic heterocycles. The summed E-state index contributed by atoms with van der Waals surface area (Å²) in [5, 5.41) is 1.09. The number of hydrogen-bond acceptors (Lipinski definition) is 3. The van der Waals surface area contributed by atoms with E-state index in [4.69, 9.17) is 5.73 Å². The van der Waals surface area contributed by atoms with Crippen LogP contribution in [0.25, 0.3) is 0 Å². The number of thioether (sulfide) groups is 1. The molecular formula is C12H20N2S. The second-order valence-corrected chi connectivity index (χ2v) is 5.02. The van der Waals surface area contributed by atoms with Crippen LogP contribution in [0, 0.1) is 5.92 Å². The lowest BCUT2D eigenvalue weighted by Gasteiger charge is -2.12. The Morgan fingerprint density at radius 2 is 2.20 bits per heavy atom. The number of nitrogens with zero attached hydrogens (tertiary/aromatic N) is 1. The molecule has 0 saturated carbocycles. The van der Waals surface area contributed by atoms with Gasteiger partial charge in [0.1, 0.15) is 5.03 Å². The van der Waals surface area contributed by atoms with Crippen LogP contribution in [0.3, 0.4) is 0 Å². The Hall–Kier alpha value is -0.540. The third kappa shape index (κ3) is 3.84. The van der Waals surface area contributed by atoms with Crippen molar-refractivity contribution in [2.75, 3.05) is 5.75 Å². The minimum atomic E-state index is 0.0677. The van der Waals surface area contributed by atoms with E-state index >= 15 is 0 Å². The lowest BCUT2D eigenvalue weighted by Crippen LogP contribution is -2.08. The highest BCUT2D eigenvalue weighted by Crippen LogP contribution is 2.26. The summed E-state index contributed by atoms with van der Waals surface area (Å²) in [6.07, 6.45) is 3.05. The second-order valence-electron chi connectivity index (χ2n) is 4.01. The van der Waals surface area contributed by atoms with Crippen LogP contribution in [-0.2, 0) is 0 Å². The molecule has 0 saturated heterocycles. The third-order valence-electron chi connectivity index (χ3n) is 2.49. The van der Waals surface area contributed by atoms with Crippen molar-refractivity contribution in [1.29, 1.82) is 0 Å². The van der Waals surface area contributed by atoms with Crippen LogP contribution in [0.4, 0.5) is 0 Å². The van der Waals surface area contributed by atoms with Crippen molar-refractivity contribution in [1.82, 2.24) is 4.98 Å². The van der Waals surface area contributed by atoms with Gasteiger partial charge in [-0.2, -0.15) is 0 Å². The SMILES string of the molecule is CCC(C)CSc1ncccc1C(C)N. The van der Waals surface area contributed by atoms with Crippen molar-refractivity contribution in [2.45, 2.75) is 38.3 Å². The van der Waals surface area contributed by atoms with Gasteiger partial charge in [-0.25, -0.2) is 4.98 Å². The summed E-state index contributed by atoms with van der Waals surface area (Å²) in [5.74, 6) is 1.85. The molecule has 2 atom stereocenters. The van der Waals surface area contributed by atoms with Gasteiger partial charge in [-0.05, 0) is 18.9 Å². The van der Waals surface area contributed by atoms with E-state index < -0.39 is 0 Å². The van der Waals surface area contributed by atoms with Gasteiger partial charge in [0, 0.05) is 23.6 Å². The van der Waals surface area contributed by atoms with Gasteiger partial charge in [0.05, 0.1) is 0 Å². The van der Waals surface area contributed by atoms with Crippen molar-refractivity contribution < 1.29 is 0 Å². The molecule has 1 aromatic rings. The molecule has 1 aromatic heterocycles. The first-order chi connectivity index (χ1) is 7.15. The highest BCUT2D eigenvalue weighted by Gasteiger charge is 2.09. The zero-order valence-corrected chi connectivity index (χ0v) is 10.6. The predicted octanol–water partition coefficient (Wildman–Crippen LogP) is 3.24. The topological polar surface area (TPSA) is 38.9 Å². The van der Waals surface area contributed by atoms with Gasteiger partial charge in [0.25, 0.3) is 0 Å². The minimum Gasteiger partial charge on any atom is -0.324 e. The Kier molecular flexibility index (Phi) is 5.12. The highest BCUT2D eigenvalue weighted by molar-refractivity contribution is 7.99. The monoisotopic (exact) mass is 224 g/mol. The summed E-state index contributed by atoms with van der Waals surface area (Å²) in [7, 11) is 0. The van der Waals surface area contributed by atoms with Crippen molar-refractivity contribution in [2.24, 2.45) is 11.7 Å². The molecule has 0 fully saturated rings. The Morgan fingerprint density at radius 3 is 2.80 bits per heavy atom. The molecular weight excluding hydrogens is 204 g/mol. The molecule has 2 unspecified atom stereocenters. The van der Waals surface area contributed by atoms with E-state index in [2.05, 4.69) is 24.9 Å². The molecule has 84 valence electrons. The first-order valence-electron chi connectivity index (χ1n) is 5.48. The average molecular weight is 224 g/mol. The first kappa shape index (κ1) is 12.5. The third-order valence-corrected chi connectivity index (χ3v) is 3.84. The lowest BCUT2D eigenvalue weighted by atomic mass is 10.2. The molecule has 1 heterocycles. The molecule has 0 spiro atoms. The molecule has 1 rings (SSSR count). The van der Waals surface area contributed by atoms with Crippen molar-refractivity contribution in [3.05, 3.63) is 23.9 Å². The van der Waals surface area contributed by atoms with Gasteiger partial charge in [-0.1, -0.05) is 26.3 Å². The van der Waals surface area contributed by atoms with Gasteiger partial charge in [0.15, 0.2) is 0 Å². The van der Waals surface area contributed by atoms with Crippen LogP contribution in [-0.4, -0.2) is 10.7 Å². The number of aromatic nitrogens is 1. The van der Waals surface area contributed by atoms with Gasteiger partial charge < -0.3 is 5.73 Å². The minimum absolute atomic E-state index is 0.0677. The molecule has 2 nitrogen and oxygen atoms in total. The summed E-state index contributed by atoms with van der Waals surface area (Å²) < 4.78 is 0. The standard InChI is InChI=1S/C12H20N2S/c1-4-9(2)8-15-12-11(10(3)13)6-5-7-14-12/h5-7,9-10H,4,8,13H2,1-3H3. The zero-order valence-electron chi connectivity index (χ0n) is 9.73. The molecule has 0 radical (unpaired) electrons. The fraction of sp³-hybridized carbons (Fsp3) is 0.583. The van der Waals surface area contributed by atoms with Crippen LogP contribution in [0.1, 0.15) is 38.8 Å². The molecule has 0 amide bonds. The Morgan fingerprint density at radius 1 is 1.47 bits per heavy atom. The number of hydrogen-bond donors (Lipinski definition) is 1. The normalized spacial score (nSPS) is 14.9. The number of pyridine rings is 1. The predicted molar refractivity (Wildman–Crippen MR) is 67.0 cm³/mol. The van der Waals surface area contributed by atoms with E-state index in [0.717, 1.165) is 22.3 Å². The largest absolute Gasteiger partial charge is 0.324 e. The first-order valence-corrected chi connectivity index (χ1v) is 6.47. The highest BCUT2D eigenvalue weighted by atomic mass is 32.2. The summed E-state index contributed by atoms with van der Waals surface area (Å²) in [6.45, 7) is 6.49. The Bertz CT molecular complexity index is 299. The van der Waals surface area contributed by atoms with E-state index in [1.54, 1.807) is 0 Å². The van der Waals surface area contributed by atoms with E-state index in [1.165, 1.54) is 6.42 Å². The molecule has 2 N–H and O–H groups in total. The molecule has 0 bridgehead atoms. The molecule has 0 aliphatic rings. The fourth-order valence-corrected chi connectivity index (χ4v) is 2.44. The number of rotatable bonds is 5. The van der Waals surface area contributed by atoms with Crippen molar-refractivity contribution in [3.63, 3.8) is 0 Å². The summed E-state index contributed by atoms with van der Waals surface area (Å²) in [4.78, 5) is 4.39. The van der Waals surface area contributed by atoms with Crippen molar-refractivity contribution >= 4 is 11.8 Å².